The van der Waals surface area contributed by atoms with Gasteiger partial charge in [-0.05, 0) is 49.9 Å². The molecule has 0 aliphatic carbocycles. The lowest BCUT2D eigenvalue weighted by atomic mass is 9.95. The van der Waals surface area contributed by atoms with E-state index in [1.807, 2.05) is 4.90 Å². The predicted octanol–water partition coefficient (Wildman–Crippen LogP) is 3.52. The standard InChI is InChI=1S/C20H29ClN2O3/c1-2-3-14-26-15-4-11-22-19(24)16-9-12-23(13-10-16)20(25)17-5-7-18(21)8-6-17/h5-8,16H,2-4,9-15H2,1H3,(H,22,24). The van der Waals surface area contributed by atoms with Crippen LogP contribution in [-0.4, -0.2) is 49.6 Å². The number of piperidine rings is 1. The molecular formula is C20H29ClN2O3. The van der Waals surface area contributed by atoms with Gasteiger partial charge in [-0.1, -0.05) is 24.9 Å². The van der Waals surface area contributed by atoms with Gasteiger partial charge >= 0.3 is 0 Å². The third-order valence-electron chi connectivity index (χ3n) is 4.65. The van der Waals surface area contributed by atoms with Crippen LogP contribution < -0.4 is 5.32 Å². The Morgan fingerprint density at radius 3 is 2.46 bits per heavy atom. The van der Waals surface area contributed by atoms with Gasteiger partial charge in [-0.15, -0.1) is 0 Å². The summed E-state index contributed by atoms with van der Waals surface area (Å²) in [5.74, 6) is 0.0900. The number of carbonyl (C=O) groups excluding carboxylic acids is 2. The zero-order valence-electron chi connectivity index (χ0n) is 15.5. The predicted molar refractivity (Wildman–Crippen MR) is 103 cm³/mol. The van der Waals surface area contributed by atoms with Crippen LogP contribution in [0, 0.1) is 5.92 Å². The molecule has 144 valence electrons. The maximum Gasteiger partial charge on any atom is 0.253 e. The minimum atomic E-state index is -0.00900. The molecule has 1 aliphatic rings. The van der Waals surface area contributed by atoms with Crippen LogP contribution in [0.1, 0.15) is 49.4 Å². The van der Waals surface area contributed by atoms with E-state index in [-0.39, 0.29) is 17.7 Å². The Labute approximate surface area is 161 Å². The van der Waals surface area contributed by atoms with Gasteiger partial charge in [0.2, 0.25) is 5.91 Å². The molecule has 1 aromatic rings. The number of ether oxygens (including phenoxy) is 1. The molecule has 0 spiro atoms. The maximum atomic E-state index is 12.5. The Hall–Kier alpha value is -1.59. The van der Waals surface area contributed by atoms with Crippen LogP contribution in [0.5, 0.6) is 0 Å². The van der Waals surface area contributed by atoms with Crippen LogP contribution in [0.25, 0.3) is 0 Å². The van der Waals surface area contributed by atoms with Gasteiger partial charge in [0.25, 0.3) is 5.91 Å². The minimum Gasteiger partial charge on any atom is -0.381 e. The lowest BCUT2D eigenvalue weighted by molar-refractivity contribution is -0.126. The van der Waals surface area contributed by atoms with Crippen molar-refractivity contribution < 1.29 is 14.3 Å². The number of carbonyl (C=O) groups is 2. The van der Waals surface area contributed by atoms with Crippen molar-refractivity contribution >= 4 is 23.4 Å². The smallest absolute Gasteiger partial charge is 0.253 e. The number of nitrogens with zero attached hydrogens (tertiary/aromatic N) is 1. The summed E-state index contributed by atoms with van der Waals surface area (Å²) in [4.78, 5) is 26.5. The topological polar surface area (TPSA) is 58.6 Å². The van der Waals surface area contributed by atoms with Crippen LogP contribution in [-0.2, 0) is 9.53 Å². The first-order valence-corrected chi connectivity index (χ1v) is 9.90. The molecule has 26 heavy (non-hydrogen) atoms. The Balaban J connectivity index is 1.65. The highest BCUT2D eigenvalue weighted by Crippen LogP contribution is 2.20. The number of hydrogen-bond donors (Lipinski definition) is 1. The molecule has 5 nitrogen and oxygen atoms in total. The van der Waals surface area contributed by atoms with Crippen LogP contribution in [0.3, 0.4) is 0 Å². The van der Waals surface area contributed by atoms with E-state index in [2.05, 4.69) is 12.2 Å². The molecule has 1 aromatic carbocycles. The highest BCUT2D eigenvalue weighted by atomic mass is 35.5. The number of amides is 2. The summed E-state index contributed by atoms with van der Waals surface area (Å²) in [6.45, 7) is 5.49. The van der Waals surface area contributed by atoms with E-state index in [1.165, 1.54) is 0 Å². The summed E-state index contributed by atoms with van der Waals surface area (Å²) < 4.78 is 5.49. The number of nitrogens with one attached hydrogen (secondary N) is 1. The molecule has 1 N–H and O–H groups in total. The van der Waals surface area contributed by atoms with E-state index in [9.17, 15) is 9.59 Å². The minimum absolute atomic E-state index is 0.00440. The van der Waals surface area contributed by atoms with Gasteiger partial charge in [0.1, 0.15) is 0 Å². The number of likely N-dealkylation sites (tertiary alicyclic amines) is 1. The van der Waals surface area contributed by atoms with Crippen LogP contribution >= 0.6 is 11.6 Å². The van der Waals surface area contributed by atoms with E-state index in [4.69, 9.17) is 16.3 Å². The van der Waals surface area contributed by atoms with Gasteiger partial charge < -0.3 is 15.0 Å². The molecule has 0 atom stereocenters. The second-order valence-electron chi connectivity index (χ2n) is 6.68. The first-order chi connectivity index (χ1) is 12.6. The highest BCUT2D eigenvalue weighted by Gasteiger charge is 2.27. The van der Waals surface area contributed by atoms with Crippen LogP contribution in [0.15, 0.2) is 24.3 Å². The van der Waals surface area contributed by atoms with E-state index in [0.717, 1.165) is 25.9 Å². The summed E-state index contributed by atoms with van der Waals surface area (Å²) in [5, 5.41) is 3.61. The lowest BCUT2D eigenvalue weighted by Gasteiger charge is -2.31. The van der Waals surface area contributed by atoms with Crippen molar-refractivity contribution in [2.75, 3.05) is 32.8 Å². The first kappa shape index (κ1) is 20.7. The normalized spacial score (nSPS) is 15.1. The summed E-state index contributed by atoms with van der Waals surface area (Å²) in [5.41, 5.74) is 0.639. The van der Waals surface area contributed by atoms with Crippen LogP contribution in [0.2, 0.25) is 5.02 Å². The number of hydrogen-bond acceptors (Lipinski definition) is 3. The van der Waals surface area contributed by atoms with Gasteiger partial charge in [0.05, 0.1) is 0 Å². The van der Waals surface area contributed by atoms with Crippen molar-refractivity contribution in [1.29, 1.82) is 0 Å². The fourth-order valence-corrected chi connectivity index (χ4v) is 3.12. The Kier molecular flexibility index (Phi) is 8.92. The molecule has 0 aromatic heterocycles. The SMILES string of the molecule is CCCCOCCCNC(=O)C1CCN(C(=O)c2ccc(Cl)cc2)CC1. The van der Waals surface area contributed by atoms with Crippen LogP contribution in [0.4, 0.5) is 0 Å². The van der Waals surface area contributed by atoms with Crippen molar-refractivity contribution in [3.05, 3.63) is 34.9 Å². The molecular weight excluding hydrogens is 352 g/mol. The summed E-state index contributed by atoms with van der Waals surface area (Å²) in [6.07, 6.45) is 4.47. The molecule has 0 bridgehead atoms. The van der Waals surface area contributed by atoms with Crippen molar-refractivity contribution in [2.45, 2.75) is 39.0 Å². The summed E-state index contributed by atoms with van der Waals surface area (Å²) >= 11 is 5.86. The highest BCUT2D eigenvalue weighted by molar-refractivity contribution is 6.30. The monoisotopic (exact) mass is 380 g/mol. The van der Waals surface area contributed by atoms with Gasteiger partial charge in [-0.25, -0.2) is 0 Å². The molecule has 1 heterocycles. The third-order valence-corrected chi connectivity index (χ3v) is 4.90. The van der Waals surface area contributed by atoms with Crippen molar-refractivity contribution in [3.8, 4) is 0 Å². The zero-order chi connectivity index (χ0) is 18.8. The quantitative estimate of drug-likeness (QED) is 0.667. The molecule has 1 saturated heterocycles. The zero-order valence-corrected chi connectivity index (χ0v) is 16.3. The Morgan fingerprint density at radius 2 is 1.81 bits per heavy atom. The molecule has 0 unspecified atom stereocenters. The number of unbranched alkanes of at least 4 members (excludes halogenated alkanes) is 1. The summed E-state index contributed by atoms with van der Waals surface area (Å²) in [6, 6.07) is 6.93. The number of benzene rings is 1. The molecule has 1 aliphatic heterocycles. The van der Waals surface area contributed by atoms with E-state index in [0.29, 0.717) is 49.7 Å². The Bertz CT molecular complexity index is 569. The van der Waals surface area contributed by atoms with Crippen molar-refractivity contribution in [2.24, 2.45) is 5.92 Å². The number of rotatable bonds is 9. The lowest BCUT2D eigenvalue weighted by Crippen LogP contribution is -2.43. The average Bonchev–Trinajstić information content (AvgIpc) is 2.67. The second kappa shape index (κ2) is 11.2. The molecule has 1 fully saturated rings. The van der Waals surface area contributed by atoms with E-state index >= 15 is 0 Å². The van der Waals surface area contributed by atoms with E-state index < -0.39 is 0 Å². The maximum absolute atomic E-state index is 12.5. The number of halogens is 1. The van der Waals surface area contributed by atoms with Gasteiger partial charge in [-0.2, -0.15) is 0 Å². The second-order valence-corrected chi connectivity index (χ2v) is 7.12. The van der Waals surface area contributed by atoms with Gasteiger partial charge in [-0.3, -0.25) is 9.59 Å². The van der Waals surface area contributed by atoms with Crippen molar-refractivity contribution in [1.82, 2.24) is 10.2 Å². The van der Waals surface area contributed by atoms with Gasteiger partial charge in [0.15, 0.2) is 0 Å². The summed E-state index contributed by atoms with van der Waals surface area (Å²) in [7, 11) is 0. The fourth-order valence-electron chi connectivity index (χ4n) is 3.00. The Morgan fingerprint density at radius 1 is 1.15 bits per heavy atom. The molecule has 0 radical (unpaired) electrons. The fraction of sp³-hybridized carbons (Fsp3) is 0.600. The first-order valence-electron chi connectivity index (χ1n) is 9.52. The molecule has 0 saturated carbocycles. The molecule has 2 rings (SSSR count). The third kappa shape index (κ3) is 6.61. The molecule has 6 heteroatoms. The molecule has 2 amide bonds. The van der Waals surface area contributed by atoms with Crippen molar-refractivity contribution in [3.63, 3.8) is 0 Å². The van der Waals surface area contributed by atoms with Gasteiger partial charge in [0, 0.05) is 49.4 Å². The van der Waals surface area contributed by atoms with E-state index in [1.54, 1.807) is 24.3 Å². The average molecular weight is 381 g/mol. The largest absolute Gasteiger partial charge is 0.381 e.